The molecule has 0 amide bonds. The maximum absolute atomic E-state index is 12.8. The normalized spacial score (nSPS) is 14.5. The van der Waals surface area contributed by atoms with Crippen LogP contribution in [-0.4, -0.2) is 12.6 Å². The molecule has 4 aromatic rings. The molecule has 1 atom stereocenters. The van der Waals surface area contributed by atoms with Crippen molar-refractivity contribution < 1.29 is 19.0 Å². The van der Waals surface area contributed by atoms with E-state index in [1.165, 1.54) is 0 Å². The first-order valence-corrected chi connectivity index (χ1v) is 11.7. The molecule has 0 spiro atoms. The minimum absolute atomic E-state index is 0.0344. The van der Waals surface area contributed by atoms with E-state index in [4.69, 9.17) is 19.9 Å². The van der Waals surface area contributed by atoms with Crippen LogP contribution in [0.2, 0.25) is 0 Å². The summed E-state index contributed by atoms with van der Waals surface area (Å²) in [5.74, 6) is 0.465. The van der Waals surface area contributed by atoms with Crippen LogP contribution >= 0.6 is 0 Å². The highest BCUT2D eigenvalue weighted by Gasteiger charge is 2.32. The highest BCUT2D eigenvalue weighted by atomic mass is 16.5. The third-order valence-electron chi connectivity index (χ3n) is 6.08. The number of benzene rings is 4. The van der Waals surface area contributed by atoms with Gasteiger partial charge in [0.25, 0.3) is 0 Å². The number of ether oxygens (including phenoxy) is 3. The molecule has 0 bridgehead atoms. The summed E-state index contributed by atoms with van der Waals surface area (Å²) in [6.07, 6.45) is 0.870. The monoisotopic (exact) mass is 476 g/mol. The van der Waals surface area contributed by atoms with E-state index in [1.807, 2.05) is 55.5 Å². The number of nitrogens with zero attached hydrogens (tertiary/aromatic N) is 1. The van der Waals surface area contributed by atoms with E-state index in [0.29, 0.717) is 35.0 Å². The third kappa shape index (κ3) is 4.35. The van der Waals surface area contributed by atoms with E-state index >= 15 is 0 Å². The van der Waals surface area contributed by atoms with Crippen LogP contribution in [0.15, 0.2) is 96.4 Å². The van der Waals surface area contributed by atoms with Crippen molar-refractivity contribution in [3.05, 3.63) is 113 Å². The summed E-state index contributed by atoms with van der Waals surface area (Å²) in [5.41, 5.74) is 8.63. The molecule has 0 saturated carbocycles. The van der Waals surface area contributed by atoms with Crippen LogP contribution in [0.4, 0.5) is 0 Å². The number of esters is 1. The van der Waals surface area contributed by atoms with Gasteiger partial charge in [0, 0.05) is 11.6 Å². The van der Waals surface area contributed by atoms with Crippen LogP contribution in [0.3, 0.4) is 0 Å². The third-order valence-corrected chi connectivity index (χ3v) is 6.08. The van der Waals surface area contributed by atoms with E-state index in [9.17, 15) is 10.1 Å². The zero-order valence-corrected chi connectivity index (χ0v) is 19.7. The van der Waals surface area contributed by atoms with Crippen molar-refractivity contribution in [2.75, 3.05) is 6.61 Å². The topological polar surface area (TPSA) is 94.6 Å². The lowest BCUT2D eigenvalue weighted by Crippen LogP contribution is -2.21. The number of fused-ring (bicyclic) bond motifs is 2. The van der Waals surface area contributed by atoms with Crippen molar-refractivity contribution in [2.24, 2.45) is 5.73 Å². The number of nitrogens with two attached hydrogens (primary N) is 1. The van der Waals surface area contributed by atoms with E-state index in [0.717, 1.165) is 28.3 Å². The fraction of sp³-hybridized carbons (Fsp3) is 0.133. The number of allylic oxidation sites excluding steroid dienone is 1. The average molecular weight is 477 g/mol. The van der Waals surface area contributed by atoms with E-state index in [1.54, 1.807) is 36.4 Å². The average Bonchev–Trinajstić information content (AvgIpc) is 2.91. The zero-order valence-electron chi connectivity index (χ0n) is 19.7. The van der Waals surface area contributed by atoms with Crippen LogP contribution in [-0.2, 0) is 0 Å². The predicted molar refractivity (Wildman–Crippen MR) is 137 cm³/mol. The van der Waals surface area contributed by atoms with Gasteiger partial charge >= 0.3 is 5.97 Å². The van der Waals surface area contributed by atoms with Crippen molar-refractivity contribution in [2.45, 2.75) is 19.3 Å². The molecule has 0 saturated heterocycles. The Labute approximate surface area is 209 Å². The fourth-order valence-electron chi connectivity index (χ4n) is 4.42. The molecule has 178 valence electrons. The molecule has 0 aromatic heterocycles. The summed E-state index contributed by atoms with van der Waals surface area (Å²) >= 11 is 0. The smallest absolute Gasteiger partial charge is 0.343 e. The van der Waals surface area contributed by atoms with Crippen molar-refractivity contribution in [1.29, 1.82) is 5.26 Å². The maximum atomic E-state index is 12.8. The van der Waals surface area contributed by atoms with E-state index in [-0.39, 0.29) is 5.88 Å². The number of hydrogen-bond donors (Lipinski definition) is 1. The van der Waals surface area contributed by atoms with Crippen molar-refractivity contribution >= 4 is 16.7 Å². The lowest BCUT2D eigenvalue weighted by molar-refractivity contribution is 0.0734. The lowest BCUT2D eigenvalue weighted by Gasteiger charge is -2.27. The Kier molecular flexibility index (Phi) is 6.29. The molecule has 1 aliphatic rings. The first-order chi connectivity index (χ1) is 17.6. The van der Waals surface area contributed by atoms with Gasteiger partial charge in [-0.3, -0.25) is 0 Å². The maximum Gasteiger partial charge on any atom is 0.343 e. The van der Waals surface area contributed by atoms with Gasteiger partial charge in [0.1, 0.15) is 28.9 Å². The quantitative estimate of drug-likeness (QED) is 0.268. The summed E-state index contributed by atoms with van der Waals surface area (Å²) in [7, 11) is 0. The number of rotatable bonds is 6. The highest BCUT2D eigenvalue weighted by Crippen LogP contribution is 2.45. The Morgan fingerprint density at radius 3 is 2.61 bits per heavy atom. The molecule has 6 nitrogen and oxygen atoms in total. The highest BCUT2D eigenvalue weighted by molar-refractivity contribution is 5.91. The van der Waals surface area contributed by atoms with Gasteiger partial charge in [-0.2, -0.15) is 5.26 Å². The van der Waals surface area contributed by atoms with Crippen LogP contribution in [0.1, 0.15) is 40.7 Å². The summed E-state index contributed by atoms with van der Waals surface area (Å²) < 4.78 is 17.1. The SMILES string of the molecule is CCCOc1cccc(C(=O)Oc2ccc3c(c2)OC(N)=C(C#N)C3c2cccc3ccccc23)c1. The zero-order chi connectivity index (χ0) is 25.1. The molecule has 0 radical (unpaired) electrons. The molecule has 1 aliphatic heterocycles. The van der Waals surface area contributed by atoms with Gasteiger partial charge in [-0.25, -0.2) is 4.79 Å². The molecule has 4 aromatic carbocycles. The summed E-state index contributed by atoms with van der Waals surface area (Å²) in [4.78, 5) is 12.8. The van der Waals surface area contributed by atoms with Crippen LogP contribution in [0, 0.1) is 11.3 Å². The van der Waals surface area contributed by atoms with Crippen molar-refractivity contribution in [3.63, 3.8) is 0 Å². The number of carbonyl (C=O) groups is 1. The van der Waals surface area contributed by atoms with Gasteiger partial charge in [0.05, 0.1) is 18.1 Å². The fourth-order valence-corrected chi connectivity index (χ4v) is 4.42. The molecule has 5 rings (SSSR count). The molecule has 1 unspecified atom stereocenters. The van der Waals surface area contributed by atoms with Crippen LogP contribution in [0.5, 0.6) is 17.2 Å². The second-order valence-electron chi connectivity index (χ2n) is 8.46. The van der Waals surface area contributed by atoms with Crippen LogP contribution in [0.25, 0.3) is 10.8 Å². The van der Waals surface area contributed by atoms with Gasteiger partial charge in [-0.1, -0.05) is 61.5 Å². The number of nitriles is 1. The number of hydrogen-bond acceptors (Lipinski definition) is 6. The van der Waals surface area contributed by atoms with Crippen molar-refractivity contribution in [3.8, 4) is 23.3 Å². The van der Waals surface area contributed by atoms with Gasteiger partial charge < -0.3 is 19.9 Å². The number of carbonyl (C=O) groups excluding carboxylic acids is 1. The standard InChI is InChI=1S/C30H24N2O4/c1-2-15-34-21-10-5-9-20(16-21)30(33)35-22-13-14-25-27(17-22)36-29(32)26(18-31)28(25)24-12-6-8-19-7-3-4-11-23(19)24/h3-14,16-17,28H,2,15,32H2,1H3. The van der Waals surface area contributed by atoms with Crippen LogP contribution < -0.4 is 19.9 Å². The second kappa shape index (κ2) is 9.85. The molecule has 36 heavy (non-hydrogen) atoms. The molecule has 1 heterocycles. The predicted octanol–water partition coefficient (Wildman–Crippen LogP) is 6.07. The Balaban J connectivity index is 1.49. The summed E-state index contributed by atoms with van der Waals surface area (Å²) in [5, 5.41) is 12.0. The molecular weight excluding hydrogens is 452 g/mol. The largest absolute Gasteiger partial charge is 0.494 e. The summed E-state index contributed by atoms with van der Waals surface area (Å²) in [6.45, 7) is 2.58. The van der Waals surface area contributed by atoms with E-state index in [2.05, 4.69) is 6.07 Å². The van der Waals surface area contributed by atoms with Gasteiger partial charge in [-0.15, -0.1) is 0 Å². The van der Waals surface area contributed by atoms with Gasteiger partial charge in [-0.05, 0) is 47.0 Å². The Morgan fingerprint density at radius 1 is 0.972 bits per heavy atom. The minimum atomic E-state index is -0.514. The molecule has 0 fully saturated rings. The molecular formula is C30H24N2O4. The van der Waals surface area contributed by atoms with Gasteiger partial charge in [0.15, 0.2) is 0 Å². The lowest BCUT2D eigenvalue weighted by atomic mass is 9.81. The molecule has 0 aliphatic carbocycles. The second-order valence-corrected chi connectivity index (χ2v) is 8.46. The van der Waals surface area contributed by atoms with E-state index < -0.39 is 11.9 Å². The minimum Gasteiger partial charge on any atom is -0.494 e. The Morgan fingerprint density at radius 2 is 1.78 bits per heavy atom. The first-order valence-electron chi connectivity index (χ1n) is 11.7. The first kappa shape index (κ1) is 23.0. The Hall–Kier alpha value is -4.76. The van der Waals surface area contributed by atoms with Crippen molar-refractivity contribution in [1.82, 2.24) is 0 Å². The summed E-state index contributed by atoms with van der Waals surface area (Å²) in [6, 6.07) is 28.2. The molecule has 6 heteroatoms. The Bertz CT molecular complexity index is 1530. The van der Waals surface area contributed by atoms with Gasteiger partial charge in [0.2, 0.25) is 5.88 Å². The molecule has 2 N–H and O–H groups in total.